The van der Waals surface area contributed by atoms with E-state index in [1.165, 1.54) is 48.8 Å². The van der Waals surface area contributed by atoms with E-state index in [0.717, 1.165) is 18.4 Å². The lowest BCUT2D eigenvalue weighted by atomic mass is 9.71. The van der Waals surface area contributed by atoms with Gasteiger partial charge in [0.2, 0.25) is 0 Å². The molecule has 1 aromatic carbocycles. The number of benzene rings is 1. The predicted octanol–water partition coefficient (Wildman–Crippen LogP) is 5.17. The Kier molecular flexibility index (Phi) is 5.65. The highest BCUT2D eigenvalue weighted by Crippen LogP contribution is 2.41. The minimum Gasteiger partial charge on any atom is -0.310 e. The van der Waals surface area contributed by atoms with Crippen molar-refractivity contribution in [3.63, 3.8) is 0 Å². The minimum absolute atomic E-state index is 0.546. The van der Waals surface area contributed by atoms with Gasteiger partial charge in [0.25, 0.3) is 0 Å². The average Bonchev–Trinajstić information content (AvgIpc) is 2.47. The molecule has 3 unspecified atom stereocenters. The molecule has 112 valence electrons. The molecule has 0 radical (unpaired) electrons. The van der Waals surface area contributed by atoms with Gasteiger partial charge in [-0.1, -0.05) is 63.3 Å². The molecule has 1 nitrogen and oxygen atoms in total. The van der Waals surface area contributed by atoms with Crippen molar-refractivity contribution in [3.8, 4) is 0 Å². The van der Waals surface area contributed by atoms with Crippen molar-refractivity contribution in [3.05, 3.63) is 34.9 Å². The third-order valence-electron chi connectivity index (χ3n) is 5.11. The van der Waals surface area contributed by atoms with Crippen LogP contribution in [0.5, 0.6) is 0 Å². The number of rotatable bonds is 5. The molecule has 20 heavy (non-hydrogen) atoms. The summed E-state index contributed by atoms with van der Waals surface area (Å²) < 4.78 is 0. The summed E-state index contributed by atoms with van der Waals surface area (Å²) >= 11 is 0. The Morgan fingerprint density at radius 2 is 1.90 bits per heavy atom. The highest BCUT2D eigenvalue weighted by molar-refractivity contribution is 5.33. The number of hydrogen-bond donors (Lipinski definition) is 1. The van der Waals surface area contributed by atoms with E-state index in [1.807, 2.05) is 0 Å². The minimum atomic E-state index is 0.546. The zero-order chi connectivity index (χ0) is 14.5. The van der Waals surface area contributed by atoms with Gasteiger partial charge in [-0.15, -0.1) is 0 Å². The van der Waals surface area contributed by atoms with E-state index in [-0.39, 0.29) is 0 Å². The molecule has 1 aromatic rings. The second-order valence-electron chi connectivity index (χ2n) is 6.51. The summed E-state index contributed by atoms with van der Waals surface area (Å²) in [5, 5.41) is 3.80. The van der Waals surface area contributed by atoms with E-state index in [4.69, 9.17) is 0 Å². The van der Waals surface area contributed by atoms with Crippen LogP contribution < -0.4 is 5.32 Å². The Balaban J connectivity index is 2.31. The highest BCUT2D eigenvalue weighted by Gasteiger charge is 2.31. The summed E-state index contributed by atoms with van der Waals surface area (Å²) in [6.07, 6.45) is 6.99. The van der Waals surface area contributed by atoms with Crippen molar-refractivity contribution in [1.82, 2.24) is 5.32 Å². The van der Waals surface area contributed by atoms with Crippen LogP contribution in [-0.4, -0.2) is 6.54 Å². The molecule has 1 saturated carbocycles. The van der Waals surface area contributed by atoms with Gasteiger partial charge in [0.05, 0.1) is 0 Å². The normalized spacial score (nSPS) is 24.6. The molecular formula is C19H31N. The zero-order valence-electron chi connectivity index (χ0n) is 13.7. The summed E-state index contributed by atoms with van der Waals surface area (Å²) in [6, 6.07) is 7.48. The van der Waals surface area contributed by atoms with E-state index in [9.17, 15) is 0 Å². The van der Waals surface area contributed by atoms with Crippen molar-refractivity contribution in [2.45, 2.75) is 65.8 Å². The van der Waals surface area contributed by atoms with Gasteiger partial charge in [0.1, 0.15) is 0 Å². The summed E-state index contributed by atoms with van der Waals surface area (Å²) in [5.74, 6) is 1.71. The molecule has 0 aliphatic heterocycles. The predicted molar refractivity (Wildman–Crippen MR) is 88.1 cm³/mol. The molecule has 1 aliphatic rings. The average molecular weight is 273 g/mol. The van der Waals surface area contributed by atoms with Gasteiger partial charge in [-0.25, -0.2) is 0 Å². The van der Waals surface area contributed by atoms with E-state index in [0.29, 0.717) is 6.04 Å². The van der Waals surface area contributed by atoms with Crippen LogP contribution in [0, 0.1) is 25.7 Å². The van der Waals surface area contributed by atoms with Crippen LogP contribution in [0.15, 0.2) is 18.2 Å². The van der Waals surface area contributed by atoms with Gasteiger partial charge in [-0.2, -0.15) is 0 Å². The van der Waals surface area contributed by atoms with Gasteiger partial charge in [0, 0.05) is 6.04 Å². The third-order valence-corrected chi connectivity index (χ3v) is 5.11. The lowest BCUT2D eigenvalue weighted by molar-refractivity contribution is 0.176. The Labute approximate surface area is 125 Å². The van der Waals surface area contributed by atoms with Gasteiger partial charge in [-0.3, -0.25) is 0 Å². The Morgan fingerprint density at radius 1 is 1.15 bits per heavy atom. The quantitative estimate of drug-likeness (QED) is 0.780. The van der Waals surface area contributed by atoms with Crippen molar-refractivity contribution in [2.75, 3.05) is 6.54 Å². The Bertz CT molecular complexity index is 424. The first-order valence-corrected chi connectivity index (χ1v) is 8.47. The molecular weight excluding hydrogens is 242 g/mol. The molecule has 0 saturated heterocycles. The maximum atomic E-state index is 3.80. The third kappa shape index (κ3) is 3.44. The largest absolute Gasteiger partial charge is 0.310 e. The fraction of sp³-hybridized carbons (Fsp3) is 0.684. The fourth-order valence-corrected chi connectivity index (χ4v) is 3.99. The molecule has 1 aliphatic carbocycles. The number of aryl methyl sites for hydroxylation is 2. The molecule has 1 N–H and O–H groups in total. The smallest absolute Gasteiger partial charge is 0.0353 e. The van der Waals surface area contributed by atoms with E-state index >= 15 is 0 Å². The van der Waals surface area contributed by atoms with Gasteiger partial charge in [0.15, 0.2) is 0 Å². The molecule has 0 bridgehead atoms. The van der Waals surface area contributed by atoms with E-state index in [1.54, 1.807) is 0 Å². The summed E-state index contributed by atoms with van der Waals surface area (Å²) in [4.78, 5) is 0. The molecule has 3 atom stereocenters. The van der Waals surface area contributed by atoms with Crippen LogP contribution in [0.1, 0.15) is 68.7 Å². The topological polar surface area (TPSA) is 12.0 Å². The lowest BCUT2D eigenvalue weighted by Gasteiger charge is -2.38. The molecule has 0 aromatic heterocycles. The Morgan fingerprint density at radius 3 is 2.60 bits per heavy atom. The second-order valence-corrected chi connectivity index (χ2v) is 6.51. The summed E-state index contributed by atoms with van der Waals surface area (Å²) in [6.45, 7) is 10.1. The van der Waals surface area contributed by atoms with Crippen molar-refractivity contribution in [2.24, 2.45) is 11.8 Å². The number of hydrogen-bond acceptors (Lipinski definition) is 1. The molecule has 1 heteroatoms. The van der Waals surface area contributed by atoms with Gasteiger partial charge in [-0.05, 0) is 49.8 Å². The van der Waals surface area contributed by atoms with Crippen LogP contribution in [0.2, 0.25) is 0 Å². The molecule has 0 amide bonds. The maximum Gasteiger partial charge on any atom is 0.0353 e. The monoisotopic (exact) mass is 273 g/mol. The van der Waals surface area contributed by atoms with Crippen LogP contribution >= 0.6 is 0 Å². The molecule has 1 fully saturated rings. The Hall–Kier alpha value is -0.820. The van der Waals surface area contributed by atoms with Crippen LogP contribution in [0.25, 0.3) is 0 Å². The number of nitrogens with one attached hydrogen (secondary N) is 1. The van der Waals surface area contributed by atoms with Crippen LogP contribution in [0.4, 0.5) is 0 Å². The maximum absolute atomic E-state index is 3.80. The first-order chi connectivity index (χ1) is 9.67. The first-order valence-electron chi connectivity index (χ1n) is 8.47. The lowest BCUT2D eigenvalue weighted by Crippen LogP contribution is -2.34. The van der Waals surface area contributed by atoms with Crippen LogP contribution in [-0.2, 0) is 0 Å². The molecule has 0 spiro atoms. The van der Waals surface area contributed by atoms with Gasteiger partial charge >= 0.3 is 0 Å². The second kappa shape index (κ2) is 7.26. The van der Waals surface area contributed by atoms with E-state index in [2.05, 4.69) is 51.2 Å². The summed E-state index contributed by atoms with van der Waals surface area (Å²) in [7, 11) is 0. The van der Waals surface area contributed by atoms with Crippen LogP contribution in [0.3, 0.4) is 0 Å². The summed E-state index contributed by atoms with van der Waals surface area (Å²) in [5.41, 5.74) is 4.37. The standard InChI is InChI=1S/C19H31N/c1-5-16-9-7-8-10-17(16)19(20-6-2)18-13-14(3)11-12-15(18)4/h11-13,16-17,19-20H,5-10H2,1-4H3. The molecule has 2 rings (SSSR count). The first kappa shape index (κ1) is 15.6. The van der Waals surface area contributed by atoms with Gasteiger partial charge < -0.3 is 5.32 Å². The highest BCUT2D eigenvalue weighted by atomic mass is 14.9. The zero-order valence-corrected chi connectivity index (χ0v) is 13.7. The van der Waals surface area contributed by atoms with Crippen molar-refractivity contribution < 1.29 is 0 Å². The SMILES string of the molecule is CCNC(c1cc(C)ccc1C)C1CCCCC1CC. The van der Waals surface area contributed by atoms with Crippen molar-refractivity contribution >= 4 is 0 Å². The fourth-order valence-electron chi connectivity index (χ4n) is 3.99. The molecule has 0 heterocycles. The van der Waals surface area contributed by atoms with E-state index < -0.39 is 0 Å². The van der Waals surface area contributed by atoms with Crippen molar-refractivity contribution in [1.29, 1.82) is 0 Å².